The second-order valence-electron chi connectivity index (χ2n) is 1.39. The van der Waals surface area contributed by atoms with Crippen molar-refractivity contribution >= 4 is 7.60 Å². The summed E-state index contributed by atoms with van der Waals surface area (Å²) < 4.78 is 14.5. The highest BCUT2D eigenvalue weighted by Gasteiger charge is 2.07. The van der Waals surface area contributed by atoms with Gasteiger partial charge >= 0.3 is 7.60 Å². The molecule has 0 heterocycles. The van der Waals surface area contributed by atoms with Crippen molar-refractivity contribution in [1.82, 2.24) is 5.48 Å². The largest absolute Gasteiger partial charge is 0.341 e. The Hall–Kier alpha value is 0.110. The quantitative estimate of drug-likeness (QED) is 0.437. The molecule has 8 heavy (non-hydrogen) atoms. The molecule has 1 unspecified atom stereocenters. The Morgan fingerprint density at radius 2 is 2.38 bits per heavy atom. The van der Waals surface area contributed by atoms with Crippen LogP contribution in [0.25, 0.3) is 0 Å². The topological polar surface area (TPSA) is 58.6 Å². The summed E-state index contributed by atoms with van der Waals surface area (Å²) >= 11 is 0. The van der Waals surface area contributed by atoms with Gasteiger partial charge in [0.15, 0.2) is 0 Å². The fourth-order valence-corrected chi connectivity index (χ4v) is 0.553. The van der Waals surface area contributed by atoms with Crippen LogP contribution in [-0.2, 0) is 9.19 Å². The third kappa shape index (κ3) is 6.11. The van der Waals surface area contributed by atoms with E-state index in [0.717, 1.165) is 6.66 Å². The molecule has 0 saturated heterocycles. The van der Waals surface area contributed by atoms with Crippen LogP contribution in [0.3, 0.4) is 0 Å². The molecule has 0 aromatic rings. The van der Waals surface area contributed by atoms with Gasteiger partial charge in [-0.15, -0.1) is 0 Å². The predicted molar refractivity (Wildman–Crippen MR) is 30.5 cm³/mol. The Morgan fingerprint density at radius 3 is 2.50 bits per heavy atom. The molecule has 0 aliphatic rings. The maximum atomic E-state index is 10.2. The van der Waals surface area contributed by atoms with Gasteiger partial charge in [-0.25, -0.2) is 4.62 Å². The average molecular weight is 139 g/mol. The molecule has 0 rings (SSSR count). The number of rotatable bonds is 3. The molecule has 1 atom stereocenters. The summed E-state index contributed by atoms with van der Waals surface area (Å²) in [4.78, 5) is 8.42. The van der Waals surface area contributed by atoms with Crippen molar-refractivity contribution in [1.29, 1.82) is 0 Å². The molecule has 2 N–H and O–H groups in total. The summed E-state index contributed by atoms with van der Waals surface area (Å²) in [6.07, 6.45) is 0. The first kappa shape index (κ1) is 8.11. The molecule has 5 heteroatoms. The zero-order chi connectivity index (χ0) is 6.62. The van der Waals surface area contributed by atoms with Crippen LogP contribution in [0.5, 0.6) is 0 Å². The van der Waals surface area contributed by atoms with Gasteiger partial charge in [0.1, 0.15) is 0 Å². The second-order valence-corrected chi connectivity index (χ2v) is 3.18. The highest BCUT2D eigenvalue weighted by molar-refractivity contribution is 7.51. The minimum absolute atomic E-state index is 0.526. The zero-order valence-corrected chi connectivity index (χ0v) is 5.81. The third-order valence-corrected chi connectivity index (χ3v) is 0.846. The van der Waals surface area contributed by atoms with E-state index < -0.39 is 7.60 Å². The molecular formula is C3H10NO3P. The Kier molecular flexibility index (Phi) is 3.24. The maximum Gasteiger partial charge on any atom is 0.341 e. The number of hydrogen-bond donors (Lipinski definition) is 2. The van der Waals surface area contributed by atoms with Crippen molar-refractivity contribution in [3.63, 3.8) is 0 Å². The van der Waals surface area contributed by atoms with Crippen molar-refractivity contribution in [3.05, 3.63) is 0 Å². The first-order valence-electron chi connectivity index (χ1n) is 2.28. The van der Waals surface area contributed by atoms with Crippen molar-refractivity contribution in [2.24, 2.45) is 0 Å². The van der Waals surface area contributed by atoms with Gasteiger partial charge in [-0.05, 0) is 0 Å². The van der Waals surface area contributed by atoms with Crippen LogP contribution < -0.4 is 5.48 Å². The van der Waals surface area contributed by atoms with Crippen molar-refractivity contribution < 1.29 is 14.1 Å². The van der Waals surface area contributed by atoms with Crippen LogP contribution in [0.4, 0.5) is 0 Å². The summed E-state index contributed by atoms with van der Waals surface area (Å²) in [5.41, 5.74) is 2.28. The van der Waals surface area contributed by atoms with E-state index >= 15 is 0 Å². The lowest BCUT2D eigenvalue weighted by Crippen LogP contribution is -2.10. The smallest absolute Gasteiger partial charge is 0.324 e. The lowest BCUT2D eigenvalue weighted by atomic mass is 10.8. The molecule has 50 valence electrons. The fraction of sp³-hybridized carbons (Fsp3) is 1.00. The third-order valence-electron chi connectivity index (χ3n) is 0.378. The minimum Gasteiger partial charge on any atom is -0.324 e. The van der Waals surface area contributed by atoms with Crippen LogP contribution in [0.15, 0.2) is 0 Å². The van der Waals surface area contributed by atoms with Crippen molar-refractivity contribution in [3.8, 4) is 0 Å². The Labute approximate surface area is 48.3 Å². The van der Waals surface area contributed by atoms with E-state index in [2.05, 4.69) is 10.1 Å². The standard InChI is InChI=1S/C3H10NO3P/c1-3-4-7-8(2,5)6/h4H,3H2,1-2H3,(H,5,6). The van der Waals surface area contributed by atoms with Gasteiger partial charge in [0.25, 0.3) is 0 Å². The Balaban J connectivity index is 3.26. The van der Waals surface area contributed by atoms with Crippen LogP contribution >= 0.6 is 7.60 Å². The van der Waals surface area contributed by atoms with Gasteiger partial charge in [0, 0.05) is 13.2 Å². The Morgan fingerprint density at radius 1 is 1.88 bits per heavy atom. The van der Waals surface area contributed by atoms with Gasteiger partial charge in [-0.3, -0.25) is 4.57 Å². The summed E-state index contributed by atoms with van der Waals surface area (Å²) in [7, 11) is -3.29. The van der Waals surface area contributed by atoms with E-state index in [9.17, 15) is 4.57 Å². The predicted octanol–water partition coefficient (Wildman–Crippen LogP) is 0.343. The highest BCUT2D eigenvalue weighted by atomic mass is 31.2. The number of hydrogen-bond acceptors (Lipinski definition) is 3. The molecule has 0 aliphatic heterocycles. The first-order chi connectivity index (χ1) is 3.56. The van der Waals surface area contributed by atoms with Crippen molar-refractivity contribution in [2.45, 2.75) is 6.92 Å². The van der Waals surface area contributed by atoms with Crippen LogP contribution in [0, 0.1) is 0 Å². The van der Waals surface area contributed by atoms with Crippen molar-refractivity contribution in [2.75, 3.05) is 13.2 Å². The first-order valence-corrected chi connectivity index (χ1v) is 4.30. The molecular weight excluding hydrogens is 129 g/mol. The summed E-state index contributed by atoms with van der Waals surface area (Å²) in [6.45, 7) is 3.42. The van der Waals surface area contributed by atoms with E-state index in [1.807, 2.05) is 0 Å². The molecule has 0 aromatic carbocycles. The van der Waals surface area contributed by atoms with Gasteiger partial charge in [-0.1, -0.05) is 6.92 Å². The molecule has 0 fully saturated rings. The van der Waals surface area contributed by atoms with Crippen LogP contribution in [0.1, 0.15) is 6.92 Å². The molecule has 4 nitrogen and oxygen atoms in total. The highest BCUT2D eigenvalue weighted by Crippen LogP contribution is 2.34. The summed E-state index contributed by atoms with van der Waals surface area (Å²) in [6, 6.07) is 0. The molecule has 0 spiro atoms. The van der Waals surface area contributed by atoms with Gasteiger partial charge in [0.05, 0.1) is 0 Å². The molecule has 0 radical (unpaired) electrons. The summed E-state index contributed by atoms with van der Waals surface area (Å²) in [5, 5.41) is 0. The van der Waals surface area contributed by atoms with E-state index in [-0.39, 0.29) is 0 Å². The van der Waals surface area contributed by atoms with E-state index in [1.54, 1.807) is 6.92 Å². The Bertz CT molecular complexity index is 98.7. The van der Waals surface area contributed by atoms with Gasteiger partial charge in [-0.2, -0.15) is 5.48 Å². The molecule has 0 saturated carbocycles. The molecule has 0 amide bonds. The molecule has 0 aliphatic carbocycles. The van der Waals surface area contributed by atoms with E-state index in [4.69, 9.17) is 4.89 Å². The fourth-order valence-electron chi connectivity index (χ4n) is 0.184. The van der Waals surface area contributed by atoms with Crippen LogP contribution in [0.2, 0.25) is 0 Å². The zero-order valence-electron chi connectivity index (χ0n) is 4.92. The SMILES string of the molecule is CCNOP(C)(=O)O. The lowest BCUT2D eigenvalue weighted by Gasteiger charge is -2.03. The monoisotopic (exact) mass is 139 g/mol. The van der Waals surface area contributed by atoms with Gasteiger partial charge < -0.3 is 4.89 Å². The molecule has 0 bridgehead atoms. The number of hydroxylamine groups is 1. The number of nitrogens with one attached hydrogen (secondary N) is 1. The lowest BCUT2D eigenvalue weighted by molar-refractivity contribution is 0.175. The average Bonchev–Trinajstić information content (AvgIpc) is 1.59. The molecule has 0 aromatic heterocycles. The normalized spacial score (nSPS) is 17.9. The summed E-state index contributed by atoms with van der Waals surface area (Å²) in [5.74, 6) is 0. The second kappa shape index (κ2) is 3.20. The minimum atomic E-state index is -3.29. The van der Waals surface area contributed by atoms with Crippen LogP contribution in [-0.4, -0.2) is 18.1 Å². The van der Waals surface area contributed by atoms with Gasteiger partial charge in [0.2, 0.25) is 0 Å². The van der Waals surface area contributed by atoms with E-state index in [0.29, 0.717) is 6.54 Å². The van der Waals surface area contributed by atoms with E-state index in [1.165, 1.54) is 0 Å². The maximum absolute atomic E-state index is 10.2.